The second kappa shape index (κ2) is 8.26. The highest BCUT2D eigenvalue weighted by Gasteiger charge is 2.06. The summed E-state index contributed by atoms with van der Waals surface area (Å²) in [5.41, 5.74) is 7.28. The summed E-state index contributed by atoms with van der Waals surface area (Å²) in [4.78, 5) is 13.0. The third kappa shape index (κ3) is 5.02. The molecule has 0 aliphatic heterocycles. The van der Waals surface area contributed by atoms with E-state index in [9.17, 15) is 4.79 Å². The highest BCUT2D eigenvalue weighted by molar-refractivity contribution is 8.00. The number of nitrogens with two attached hydrogens (primary N) is 1. The lowest BCUT2D eigenvalue weighted by Crippen LogP contribution is -2.14. The molecule has 0 aliphatic carbocycles. The Morgan fingerprint density at radius 1 is 0.880 bits per heavy atom. The first-order valence-electron chi connectivity index (χ1n) is 7.81. The third-order valence-electron chi connectivity index (χ3n) is 3.39. The minimum atomic E-state index is -0.0787. The Balaban J connectivity index is 1.52. The first-order chi connectivity index (χ1) is 12.2. The van der Waals surface area contributed by atoms with Gasteiger partial charge in [-0.1, -0.05) is 30.3 Å². The minimum absolute atomic E-state index is 0.0787. The monoisotopic (exact) mass is 350 g/mol. The average Bonchev–Trinajstić information content (AvgIpc) is 2.64. The molecule has 0 unspecified atom stereocenters. The van der Waals surface area contributed by atoms with Gasteiger partial charge in [-0.2, -0.15) is 0 Å². The molecule has 3 aromatic carbocycles. The van der Waals surface area contributed by atoms with Gasteiger partial charge >= 0.3 is 0 Å². The summed E-state index contributed by atoms with van der Waals surface area (Å²) in [6, 6.07) is 24.3. The number of nitrogen functional groups attached to an aromatic ring is 1. The van der Waals surface area contributed by atoms with Crippen LogP contribution in [0.2, 0.25) is 0 Å². The maximum atomic E-state index is 12.1. The van der Waals surface area contributed by atoms with Crippen molar-refractivity contribution in [3.05, 3.63) is 78.9 Å². The van der Waals surface area contributed by atoms with Crippen LogP contribution >= 0.6 is 11.8 Å². The molecule has 5 heteroatoms. The van der Waals surface area contributed by atoms with Crippen molar-refractivity contribution < 1.29 is 9.53 Å². The topological polar surface area (TPSA) is 64.4 Å². The number of hydrogen-bond acceptors (Lipinski definition) is 4. The van der Waals surface area contributed by atoms with Crippen molar-refractivity contribution >= 4 is 29.0 Å². The molecule has 3 rings (SSSR count). The third-order valence-corrected chi connectivity index (χ3v) is 4.48. The van der Waals surface area contributed by atoms with E-state index in [1.54, 1.807) is 0 Å². The molecular weight excluding hydrogens is 332 g/mol. The number of hydrogen-bond donors (Lipinski definition) is 2. The average molecular weight is 350 g/mol. The molecule has 126 valence electrons. The summed E-state index contributed by atoms with van der Waals surface area (Å²) in [5.74, 6) is 1.72. The zero-order valence-electron chi connectivity index (χ0n) is 13.5. The number of carbonyl (C=O) groups is 1. The predicted octanol–water partition coefficient (Wildman–Crippen LogP) is 4.79. The van der Waals surface area contributed by atoms with Crippen molar-refractivity contribution in [2.45, 2.75) is 4.90 Å². The SMILES string of the molecule is Nc1ccccc1SCC(=O)Nc1ccc(Oc2ccccc2)cc1. The van der Waals surface area contributed by atoms with Crippen LogP contribution in [0.1, 0.15) is 0 Å². The van der Waals surface area contributed by atoms with Crippen LogP contribution in [0.3, 0.4) is 0 Å². The molecule has 0 fully saturated rings. The van der Waals surface area contributed by atoms with Crippen molar-refractivity contribution in [2.75, 3.05) is 16.8 Å². The highest BCUT2D eigenvalue weighted by Crippen LogP contribution is 2.25. The molecule has 0 saturated heterocycles. The summed E-state index contributed by atoms with van der Waals surface area (Å²) in [6.07, 6.45) is 0. The molecule has 3 N–H and O–H groups in total. The second-order valence-electron chi connectivity index (χ2n) is 5.31. The standard InChI is InChI=1S/C20H18N2O2S/c21-18-8-4-5-9-19(18)25-14-20(23)22-15-10-12-17(13-11-15)24-16-6-2-1-3-7-16/h1-13H,14,21H2,(H,22,23). The molecule has 25 heavy (non-hydrogen) atoms. The van der Waals surface area contributed by atoms with Crippen LogP contribution < -0.4 is 15.8 Å². The fourth-order valence-corrected chi connectivity index (χ4v) is 2.95. The molecular formula is C20H18N2O2S. The number of rotatable bonds is 6. The number of para-hydroxylation sites is 2. The van der Waals surface area contributed by atoms with Crippen molar-refractivity contribution in [1.29, 1.82) is 0 Å². The molecule has 0 heterocycles. The molecule has 0 bridgehead atoms. The summed E-state index contributed by atoms with van der Waals surface area (Å²) in [7, 11) is 0. The molecule has 0 spiro atoms. The zero-order chi connectivity index (χ0) is 17.5. The summed E-state index contributed by atoms with van der Waals surface area (Å²) >= 11 is 1.42. The van der Waals surface area contributed by atoms with Crippen molar-refractivity contribution in [1.82, 2.24) is 0 Å². The van der Waals surface area contributed by atoms with E-state index in [4.69, 9.17) is 10.5 Å². The fourth-order valence-electron chi connectivity index (χ4n) is 2.18. The minimum Gasteiger partial charge on any atom is -0.457 e. The Kier molecular flexibility index (Phi) is 5.59. The van der Waals surface area contributed by atoms with Crippen LogP contribution in [0.4, 0.5) is 11.4 Å². The largest absolute Gasteiger partial charge is 0.457 e. The molecule has 0 radical (unpaired) electrons. The maximum absolute atomic E-state index is 12.1. The first-order valence-corrected chi connectivity index (χ1v) is 8.79. The van der Waals surface area contributed by atoms with Gasteiger partial charge in [0.2, 0.25) is 5.91 Å². The van der Waals surface area contributed by atoms with Crippen LogP contribution in [-0.2, 0) is 4.79 Å². The Morgan fingerprint density at radius 2 is 1.52 bits per heavy atom. The Bertz CT molecular complexity index is 836. The molecule has 0 aliphatic rings. The molecule has 1 amide bonds. The van der Waals surface area contributed by atoms with Crippen molar-refractivity contribution in [3.63, 3.8) is 0 Å². The van der Waals surface area contributed by atoms with Gasteiger partial charge < -0.3 is 15.8 Å². The van der Waals surface area contributed by atoms with Crippen LogP contribution in [0.15, 0.2) is 83.8 Å². The number of anilines is 2. The van der Waals surface area contributed by atoms with E-state index in [0.717, 1.165) is 22.1 Å². The second-order valence-corrected chi connectivity index (χ2v) is 6.33. The van der Waals surface area contributed by atoms with Crippen LogP contribution in [0.25, 0.3) is 0 Å². The molecule has 0 aromatic heterocycles. The van der Waals surface area contributed by atoms with Gasteiger partial charge in [-0.05, 0) is 48.5 Å². The summed E-state index contributed by atoms with van der Waals surface area (Å²) in [5, 5.41) is 2.87. The zero-order valence-corrected chi connectivity index (χ0v) is 14.3. The van der Waals surface area contributed by atoms with Gasteiger partial charge in [0.05, 0.1) is 5.75 Å². The highest BCUT2D eigenvalue weighted by atomic mass is 32.2. The van der Waals surface area contributed by atoms with Crippen LogP contribution in [0, 0.1) is 0 Å². The lowest BCUT2D eigenvalue weighted by molar-refractivity contribution is -0.113. The molecule has 3 aromatic rings. The van der Waals surface area contributed by atoms with E-state index in [0.29, 0.717) is 11.4 Å². The Morgan fingerprint density at radius 3 is 2.24 bits per heavy atom. The first kappa shape index (κ1) is 16.9. The van der Waals surface area contributed by atoms with Crippen LogP contribution in [0.5, 0.6) is 11.5 Å². The van der Waals surface area contributed by atoms with E-state index in [1.165, 1.54) is 11.8 Å². The summed E-state index contributed by atoms with van der Waals surface area (Å²) < 4.78 is 5.73. The van der Waals surface area contributed by atoms with Gasteiger partial charge in [-0.15, -0.1) is 11.8 Å². The van der Waals surface area contributed by atoms with Gasteiger partial charge in [0.1, 0.15) is 11.5 Å². The lowest BCUT2D eigenvalue weighted by atomic mass is 10.3. The smallest absolute Gasteiger partial charge is 0.234 e. The van der Waals surface area contributed by atoms with Gasteiger partial charge in [-0.3, -0.25) is 4.79 Å². The van der Waals surface area contributed by atoms with E-state index in [1.807, 2.05) is 78.9 Å². The number of benzene rings is 3. The van der Waals surface area contributed by atoms with Gasteiger partial charge in [0.15, 0.2) is 0 Å². The number of ether oxygens (including phenoxy) is 1. The quantitative estimate of drug-likeness (QED) is 0.495. The number of nitrogens with one attached hydrogen (secondary N) is 1. The fraction of sp³-hybridized carbons (Fsp3) is 0.0500. The molecule has 0 atom stereocenters. The van der Waals surface area contributed by atoms with Crippen molar-refractivity contribution in [3.8, 4) is 11.5 Å². The number of carbonyl (C=O) groups excluding carboxylic acids is 1. The Hall–Kier alpha value is -2.92. The number of thioether (sulfide) groups is 1. The lowest BCUT2D eigenvalue weighted by Gasteiger charge is -2.08. The Labute approximate surface area is 151 Å². The van der Waals surface area contributed by atoms with Crippen molar-refractivity contribution in [2.24, 2.45) is 0 Å². The normalized spacial score (nSPS) is 10.2. The van der Waals surface area contributed by atoms with Gasteiger partial charge in [-0.25, -0.2) is 0 Å². The maximum Gasteiger partial charge on any atom is 0.234 e. The van der Waals surface area contributed by atoms with Crippen LogP contribution in [-0.4, -0.2) is 11.7 Å². The molecule has 4 nitrogen and oxygen atoms in total. The van der Waals surface area contributed by atoms with E-state index in [2.05, 4.69) is 5.32 Å². The van der Waals surface area contributed by atoms with E-state index in [-0.39, 0.29) is 5.91 Å². The van der Waals surface area contributed by atoms with Gasteiger partial charge in [0, 0.05) is 16.3 Å². The summed E-state index contributed by atoms with van der Waals surface area (Å²) in [6.45, 7) is 0. The van der Waals surface area contributed by atoms with E-state index >= 15 is 0 Å². The molecule has 0 saturated carbocycles. The van der Waals surface area contributed by atoms with Gasteiger partial charge in [0.25, 0.3) is 0 Å². The predicted molar refractivity (Wildman–Crippen MR) is 103 cm³/mol. The number of amides is 1. The van der Waals surface area contributed by atoms with E-state index < -0.39 is 0 Å².